The highest BCUT2D eigenvalue weighted by molar-refractivity contribution is 7.98. The summed E-state index contributed by atoms with van der Waals surface area (Å²) in [7, 11) is 0. The Labute approximate surface area is 200 Å². The van der Waals surface area contributed by atoms with Gasteiger partial charge in [-0.15, -0.1) is 0 Å². The quantitative estimate of drug-likeness (QED) is 0.298. The van der Waals surface area contributed by atoms with E-state index >= 15 is 0 Å². The first kappa shape index (κ1) is 27.0. The summed E-state index contributed by atoms with van der Waals surface area (Å²) in [5.74, 6) is -0.538. The van der Waals surface area contributed by atoms with Gasteiger partial charge in [0.05, 0.1) is 29.0 Å². The Balaban J connectivity index is 0.000000242. The standard InChI is InChI=1S/C12H23N.C11H14N2O4S2/c1-3-7-11(8-4-1)13-12-9-5-2-6-10-12;1-18-7-6-8(11(14)15)12-19-10-5-3-2-4-9(10)13(16)17/h11-13H,1-10H2;2-5,8,12H,6-7H2,1H3,(H,14,15)/t;8-/m.1/s1. The molecule has 0 saturated heterocycles. The number of hydrogen-bond acceptors (Lipinski definition) is 7. The SMILES string of the molecule is C1CCC([NH2+]C2CCCCC2)CC1.CSCC[C@@H](NSc1ccccc1[N+](=O)[O-])C(=O)[O-]. The Kier molecular flexibility index (Phi) is 13.1. The minimum absolute atomic E-state index is 0.0537. The number of nitro benzene ring substituents is 1. The molecule has 32 heavy (non-hydrogen) atoms. The fourth-order valence-electron chi connectivity index (χ4n) is 4.33. The van der Waals surface area contributed by atoms with E-state index in [1.54, 1.807) is 18.2 Å². The van der Waals surface area contributed by atoms with Crippen LogP contribution in [0.3, 0.4) is 0 Å². The molecule has 0 amide bonds. The van der Waals surface area contributed by atoms with Gasteiger partial charge in [-0.3, -0.25) is 14.8 Å². The summed E-state index contributed by atoms with van der Waals surface area (Å²) in [6.07, 6.45) is 17.2. The Hall–Kier alpha value is -1.29. The highest BCUT2D eigenvalue weighted by Gasteiger charge is 2.22. The molecule has 0 aliphatic heterocycles. The summed E-state index contributed by atoms with van der Waals surface area (Å²) in [4.78, 5) is 21.6. The third-order valence-electron chi connectivity index (χ3n) is 6.11. The zero-order chi connectivity index (χ0) is 23.2. The molecular formula is C23H37N3O4S2. The normalized spacial score (nSPS) is 18.4. The van der Waals surface area contributed by atoms with Gasteiger partial charge in [-0.25, -0.2) is 0 Å². The van der Waals surface area contributed by atoms with Crippen molar-refractivity contribution in [1.82, 2.24) is 4.72 Å². The van der Waals surface area contributed by atoms with Crippen LogP contribution in [0.2, 0.25) is 0 Å². The van der Waals surface area contributed by atoms with Gasteiger partial charge in [0.1, 0.15) is 4.90 Å². The lowest BCUT2D eigenvalue weighted by molar-refractivity contribution is -0.725. The minimum atomic E-state index is -1.21. The molecule has 2 saturated carbocycles. The van der Waals surface area contributed by atoms with E-state index in [0.717, 1.165) is 24.0 Å². The van der Waals surface area contributed by atoms with Gasteiger partial charge in [0, 0.05) is 6.07 Å². The second kappa shape index (κ2) is 15.5. The van der Waals surface area contributed by atoms with E-state index in [9.17, 15) is 20.0 Å². The monoisotopic (exact) mass is 483 g/mol. The van der Waals surface area contributed by atoms with E-state index in [2.05, 4.69) is 10.0 Å². The smallest absolute Gasteiger partial charge is 0.284 e. The summed E-state index contributed by atoms with van der Waals surface area (Å²) < 4.78 is 2.70. The molecule has 0 radical (unpaired) electrons. The summed E-state index contributed by atoms with van der Waals surface area (Å²) >= 11 is 2.47. The van der Waals surface area contributed by atoms with Crippen molar-refractivity contribution < 1.29 is 20.1 Å². The molecule has 0 bridgehead atoms. The van der Waals surface area contributed by atoms with Crippen LogP contribution in [-0.2, 0) is 4.79 Å². The number of rotatable bonds is 10. The van der Waals surface area contributed by atoms with Gasteiger partial charge in [-0.05, 0) is 87.8 Å². The number of nitro groups is 1. The summed E-state index contributed by atoms with van der Waals surface area (Å²) in [6, 6.07) is 7.32. The van der Waals surface area contributed by atoms with Gasteiger partial charge < -0.3 is 15.2 Å². The van der Waals surface area contributed by atoms with Crippen molar-refractivity contribution in [1.29, 1.82) is 0 Å². The molecule has 0 heterocycles. The average molecular weight is 484 g/mol. The molecule has 2 aliphatic carbocycles. The number of carboxylic acid groups (broad SMARTS) is 1. The first-order chi connectivity index (χ1) is 15.5. The fraction of sp³-hybridized carbons (Fsp3) is 0.696. The Morgan fingerprint density at radius 2 is 1.66 bits per heavy atom. The first-order valence-electron chi connectivity index (χ1n) is 11.7. The van der Waals surface area contributed by atoms with Crippen molar-refractivity contribution >= 4 is 35.4 Å². The van der Waals surface area contributed by atoms with Gasteiger partial charge in [0.15, 0.2) is 0 Å². The number of quaternary nitrogens is 1. The number of para-hydroxylation sites is 1. The molecular weight excluding hydrogens is 446 g/mol. The second-order valence-electron chi connectivity index (χ2n) is 8.59. The maximum absolute atomic E-state index is 10.9. The number of aliphatic carboxylic acids is 1. The molecule has 3 N–H and O–H groups in total. The lowest BCUT2D eigenvalue weighted by atomic mass is 9.91. The van der Waals surface area contributed by atoms with Crippen LogP contribution < -0.4 is 15.1 Å². The van der Waals surface area contributed by atoms with Gasteiger partial charge in [0.25, 0.3) is 5.69 Å². The Morgan fingerprint density at radius 1 is 1.09 bits per heavy atom. The highest BCUT2D eigenvalue weighted by Crippen LogP contribution is 2.27. The second-order valence-corrected chi connectivity index (χ2v) is 10.5. The topological polar surface area (TPSA) is 112 Å². The van der Waals surface area contributed by atoms with E-state index < -0.39 is 16.9 Å². The largest absolute Gasteiger partial charge is 0.548 e. The number of carboxylic acids is 1. The number of thioether (sulfide) groups is 1. The highest BCUT2D eigenvalue weighted by atomic mass is 32.2. The molecule has 0 aromatic heterocycles. The van der Waals surface area contributed by atoms with Crippen molar-refractivity contribution in [2.75, 3.05) is 12.0 Å². The number of hydrogen-bond donors (Lipinski definition) is 2. The fourth-order valence-corrected chi connectivity index (χ4v) is 5.68. The number of nitrogens with zero attached hydrogens (tertiary/aromatic N) is 1. The lowest BCUT2D eigenvalue weighted by Crippen LogP contribution is -2.95. The Morgan fingerprint density at radius 3 is 2.16 bits per heavy atom. The summed E-state index contributed by atoms with van der Waals surface area (Å²) in [5, 5.41) is 24.4. The predicted molar refractivity (Wildman–Crippen MR) is 130 cm³/mol. The third kappa shape index (κ3) is 10.1. The molecule has 180 valence electrons. The van der Waals surface area contributed by atoms with Crippen molar-refractivity contribution in [3.63, 3.8) is 0 Å². The summed E-state index contributed by atoms with van der Waals surface area (Å²) in [5.41, 5.74) is -0.0537. The number of benzene rings is 1. The third-order valence-corrected chi connectivity index (χ3v) is 7.72. The van der Waals surface area contributed by atoms with E-state index in [0.29, 0.717) is 17.1 Å². The maximum atomic E-state index is 10.9. The van der Waals surface area contributed by atoms with Crippen molar-refractivity contribution in [2.45, 2.75) is 93.7 Å². The predicted octanol–water partition coefficient (Wildman–Crippen LogP) is 3.28. The van der Waals surface area contributed by atoms with Gasteiger partial charge in [-0.2, -0.15) is 11.8 Å². The van der Waals surface area contributed by atoms with Crippen LogP contribution in [0.5, 0.6) is 0 Å². The van der Waals surface area contributed by atoms with Gasteiger partial charge >= 0.3 is 0 Å². The molecule has 1 aromatic rings. The van der Waals surface area contributed by atoms with Crippen LogP contribution in [0.25, 0.3) is 0 Å². The van der Waals surface area contributed by atoms with Crippen LogP contribution in [0.4, 0.5) is 5.69 Å². The van der Waals surface area contributed by atoms with Gasteiger partial charge in [0.2, 0.25) is 0 Å². The summed E-state index contributed by atoms with van der Waals surface area (Å²) in [6.45, 7) is 0. The number of carbonyl (C=O) groups excluding carboxylic acids is 1. The van der Waals surface area contributed by atoms with Crippen molar-refractivity contribution in [3.8, 4) is 0 Å². The van der Waals surface area contributed by atoms with E-state index in [1.165, 1.54) is 82.0 Å². The molecule has 0 spiro atoms. The van der Waals surface area contributed by atoms with E-state index in [4.69, 9.17) is 0 Å². The first-order valence-corrected chi connectivity index (χ1v) is 13.9. The average Bonchev–Trinajstić information content (AvgIpc) is 2.81. The molecule has 0 unspecified atom stereocenters. The molecule has 3 rings (SSSR count). The molecule has 2 fully saturated rings. The van der Waals surface area contributed by atoms with Crippen LogP contribution >= 0.6 is 23.7 Å². The van der Waals surface area contributed by atoms with Crippen molar-refractivity contribution in [2.24, 2.45) is 0 Å². The molecule has 9 heteroatoms. The minimum Gasteiger partial charge on any atom is -0.548 e. The van der Waals surface area contributed by atoms with Crippen LogP contribution in [0, 0.1) is 10.1 Å². The van der Waals surface area contributed by atoms with Crippen LogP contribution in [0.15, 0.2) is 29.2 Å². The number of carbonyl (C=O) groups is 1. The molecule has 7 nitrogen and oxygen atoms in total. The van der Waals surface area contributed by atoms with E-state index in [-0.39, 0.29) is 5.69 Å². The Bertz CT molecular complexity index is 680. The number of nitrogens with two attached hydrogens (primary N) is 1. The van der Waals surface area contributed by atoms with Gasteiger partial charge in [-0.1, -0.05) is 25.0 Å². The molecule has 1 atom stereocenters. The lowest BCUT2D eigenvalue weighted by Gasteiger charge is -2.27. The van der Waals surface area contributed by atoms with E-state index in [1.807, 2.05) is 6.26 Å². The molecule has 2 aliphatic rings. The molecule has 1 aromatic carbocycles. The van der Waals surface area contributed by atoms with Crippen LogP contribution in [0.1, 0.15) is 70.6 Å². The van der Waals surface area contributed by atoms with Crippen LogP contribution in [-0.4, -0.2) is 41.0 Å². The zero-order valence-electron chi connectivity index (χ0n) is 19.0. The maximum Gasteiger partial charge on any atom is 0.284 e. The van der Waals surface area contributed by atoms with Crippen molar-refractivity contribution in [3.05, 3.63) is 34.4 Å². The zero-order valence-corrected chi connectivity index (χ0v) is 20.6. The number of nitrogens with one attached hydrogen (secondary N) is 1.